The number of halogens is 1. The minimum atomic E-state index is 0.630. The Morgan fingerprint density at radius 2 is 2.31 bits per heavy atom. The Bertz CT molecular complexity index is 310. The van der Waals surface area contributed by atoms with Gasteiger partial charge in [0, 0.05) is 10.6 Å². The van der Waals surface area contributed by atoms with Gasteiger partial charge in [-0.1, -0.05) is 23.8 Å². The average Bonchev–Trinajstić information content (AvgIpc) is 2.12. The van der Waals surface area contributed by atoms with Crippen LogP contribution in [0.25, 0.3) is 0 Å². The zero-order valence-corrected chi connectivity index (χ0v) is 9.03. The number of allylic oxidation sites excluding steroid dienone is 1. The van der Waals surface area contributed by atoms with Crippen molar-refractivity contribution in [2.75, 3.05) is 11.5 Å². The van der Waals surface area contributed by atoms with Crippen molar-refractivity contribution in [2.45, 2.75) is 11.8 Å². The summed E-state index contributed by atoms with van der Waals surface area (Å²) in [6, 6.07) is 5.71. The van der Waals surface area contributed by atoms with Crippen LogP contribution in [0.4, 0.5) is 5.69 Å². The summed E-state index contributed by atoms with van der Waals surface area (Å²) in [5.74, 6) is 0.969. The van der Waals surface area contributed by atoms with Crippen molar-refractivity contribution >= 4 is 29.1 Å². The normalized spacial score (nSPS) is 10.9. The summed E-state index contributed by atoms with van der Waals surface area (Å²) in [5.41, 5.74) is 6.22. The first-order valence-electron chi connectivity index (χ1n) is 4.03. The number of benzene rings is 1. The second kappa shape index (κ2) is 5.20. The predicted octanol–water partition coefficient (Wildman–Crippen LogP) is 3.59. The topological polar surface area (TPSA) is 26.0 Å². The third kappa shape index (κ3) is 3.33. The van der Waals surface area contributed by atoms with Crippen molar-refractivity contribution < 1.29 is 0 Å². The van der Waals surface area contributed by atoms with Crippen LogP contribution >= 0.6 is 23.4 Å². The lowest BCUT2D eigenvalue weighted by Crippen LogP contribution is -1.85. The molecule has 0 saturated carbocycles. The summed E-state index contributed by atoms with van der Waals surface area (Å²) in [6.45, 7) is 2.01. The molecule has 70 valence electrons. The van der Waals surface area contributed by atoms with Crippen molar-refractivity contribution in [3.8, 4) is 0 Å². The molecule has 0 heterocycles. The van der Waals surface area contributed by atoms with Crippen LogP contribution in [0.1, 0.15) is 6.92 Å². The first kappa shape index (κ1) is 10.5. The van der Waals surface area contributed by atoms with Crippen LogP contribution in [0.3, 0.4) is 0 Å². The fourth-order valence-corrected chi connectivity index (χ4v) is 1.93. The standard InChI is InChI=1S/C10H12ClNS/c1-2-3-6-13-8-4-5-10(12)9(11)7-8/h2-5,7H,6,12H2,1H3. The van der Waals surface area contributed by atoms with Gasteiger partial charge in [-0.2, -0.15) is 0 Å². The van der Waals surface area contributed by atoms with E-state index in [1.807, 2.05) is 31.2 Å². The zero-order valence-electron chi connectivity index (χ0n) is 7.46. The molecular formula is C10H12ClNS. The maximum atomic E-state index is 5.87. The minimum absolute atomic E-state index is 0.630. The molecule has 1 nitrogen and oxygen atoms in total. The van der Waals surface area contributed by atoms with Crippen LogP contribution < -0.4 is 5.73 Å². The van der Waals surface area contributed by atoms with Crippen LogP contribution in [0.15, 0.2) is 35.2 Å². The third-order valence-corrected chi connectivity index (χ3v) is 2.83. The van der Waals surface area contributed by atoms with Gasteiger partial charge in [-0.25, -0.2) is 0 Å². The number of hydrogen-bond donors (Lipinski definition) is 1. The summed E-state index contributed by atoms with van der Waals surface area (Å²) >= 11 is 7.61. The highest BCUT2D eigenvalue weighted by atomic mass is 35.5. The average molecular weight is 214 g/mol. The molecule has 0 aliphatic rings. The van der Waals surface area contributed by atoms with Gasteiger partial charge in [0.05, 0.1) is 10.7 Å². The molecule has 1 rings (SSSR count). The van der Waals surface area contributed by atoms with Crippen LogP contribution in [-0.4, -0.2) is 5.75 Å². The van der Waals surface area contributed by atoms with E-state index in [9.17, 15) is 0 Å². The highest BCUT2D eigenvalue weighted by molar-refractivity contribution is 7.99. The monoisotopic (exact) mass is 213 g/mol. The lowest BCUT2D eigenvalue weighted by atomic mass is 10.3. The van der Waals surface area contributed by atoms with Crippen LogP contribution in [0.5, 0.6) is 0 Å². The molecule has 0 unspecified atom stereocenters. The van der Waals surface area contributed by atoms with E-state index in [1.165, 1.54) is 0 Å². The number of anilines is 1. The van der Waals surface area contributed by atoms with Crippen molar-refractivity contribution in [2.24, 2.45) is 0 Å². The molecule has 2 N–H and O–H groups in total. The van der Waals surface area contributed by atoms with Gasteiger partial charge >= 0.3 is 0 Å². The van der Waals surface area contributed by atoms with Gasteiger partial charge in [-0.3, -0.25) is 0 Å². The van der Waals surface area contributed by atoms with Gasteiger partial charge in [-0.05, 0) is 25.1 Å². The third-order valence-electron chi connectivity index (χ3n) is 1.55. The highest BCUT2D eigenvalue weighted by Crippen LogP contribution is 2.26. The smallest absolute Gasteiger partial charge is 0.0646 e. The zero-order chi connectivity index (χ0) is 9.68. The Morgan fingerprint density at radius 3 is 2.92 bits per heavy atom. The number of hydrogen-bond acceptors (Lipinski definition) is 2. The molecule has 0 aliphatic carbocycles. The molecule has 0 aliphatic heterocycles. The van der Waals surface area contributed by atoms with E-state index in [2.05, 4.69) is 6.08 Å². The summed E-state index contributed by atoms with van der Waals surface area (Å²) in [7, 11) is 0. The first-order valence-corrected chi connectivity index (χ1v) is 5.39. The summed E-state index contributed by atoms with van der Waals surface area (Å²) in [4.78, 5) is 1.15. The van der Waals surface area contributed by atoms with E-state index < -0.39 is 0 Å². The summed E-state index contributed by atoms with van der Waals surface area (Å²) < 4.78 is 0. The van der Waals surface area contributed by atoms with Crippen LogP contribution in [0.2, 0.25) is 5.02 Å². The van der Waals surface area contributed by atoms with Gasteiger partial charge in [0.2, 0.25) is 0 Å². The second-order valence-electron chi connectivity index (χ2n) is 2.56. The lowest BCUT2D eigenvalue weighted by Gasteiger charge is -2.01. The second-order valence-corrected chi connectivity index (χ2v) is 4.06. The fourth-order valence-electron chi connectivity index (χ4n) is 0.838. The van der Waals surface area contributed by atoms with Gasteiger partial charge < -0.3 is 5.73 Å². The molecule has 0 bridgehead atoms. The number of rotatable bonds is 3. The van der Waals surface area contributed by atoms with Crippen molar-refractivity contribution in [3.05, 3.63) is 35.4 Å². The highest BCUT2D eigenvalue weighted by Gasteiger charge is 1.97. The Kier molecular flexibility index (Phi) is 4.19. The molecule has 0 saturated heterocycles. The maximum absolute atomic E-state index is 5.87. The molecule has 1 aromatic carbocycles. The van der Waals surface area contributed by atoms with E-state index >= 15 is 0 Å². The van der Waals surface area contributed by atoms with Gasteiger partial charge in [0.15, 0.2) is 0 Å². The molecule has 0 aromatic heterocycles. The van der Waals surface area contributed by atoms with Gasteiger partial charge in [0.1, 0.15) is 0 Å². The van der Waals surface area contributed by atoms with Crippen molar-refractivity contribution in [3.63, 3.8) is 0 Å². The van der Waals surface area contributed by atoms with Crippen LogP contribution in [0, 0.1) is 0 Å². The number of nitrogen functional groups attached to an aromatic ring is 1. The Hall–Kier alpha value is -0.600. The Labute approximate surface area is 88.0 Å². The van der Waals surface area contributed by atoms with Gasteiger partial charge in [-0.15, -0.1) is 11.8 Å². The van der Waals surface area contributed by atoms with E-state index in [4.69, 9.17) is 17.3 Å². The quantitative estimate of drug-likeness (QED) is 0.472. The summed E-state index contributed by atoms with van der Waals surface area (Å²) in [6.07, 6.45) is 4.14. The fraction of sp³-hybridized carbons (Fsp3) is 0.200. The molecule has 3 heteroatoms. The van der Waals surface area contributed by atoms with E-state index in [1.54, 1.807) is 11.8 Å². The molecule has 0 atom stereocenters. The van der Waals surface area contributed by atoms with E-state index in [-0.39, 0.29) is 0 Å². The largest absolute Gasteiger partial charge is 0.398 e. The predicted molar refractivity (Wildman–Crippen MR) is 61.4 cm³/mol. The molecule has 0 amide bonds. The molecular weight excluding hydrogens is 202 g/mol. The van der Waals surface area contributed by atoms with E-state index in [0.717, 1.165) is 10.6 Å². The molecule has 0 spiro atoms. The van der Waals surface area contributed by atoms with Crippen molar-refractivity contribution in [1.82, 2.24) is 0 Å². The van der Waals surface area contributed by atoms with Gasteiger partial charge in [0.25, 0.3) is 0 Å². The van der Waals surface area contributed by atoms with Crippen LogP contribution in [-0.2, 0) is 0 Å². The molecule has 1 aromatic rings. The molecule has 13 heavy (non-hydrogen) atoms. The lowest BCUT2D eigenvalue weighted by molar-refractivity contribution is 1.46. The first-order chi connectivity index (χ1) is 6.24. The maximum Gasteiger partial charge on any atom is 0.0646 e. The summed E-state index contributed by atoms with van der Waals surface area (Å²) in [5, 5.41) is 0.630. The number of nitrogens with two attached hydrogens (primary N) is 1. The molecule has 0 fully saturated rings. The van der Waals surface area contributed by atoms with E-state index in [0.29, 0.717) is 10.7 Å². The molecule has 0 radical (unpaired) electrons. The SMILES string of the molecule is CC=CCSc1ccc(N)c(Cl)c1. The van der Waals surface area contributed by atoms with Crippen molar-refractivity contribution in [1.29, 1.82) is 0 Å². The Balaban J connectivity index is 2.63. The number of thioether (sulfide) groups is 1. The Morgan fingerprint density at radius 1 is 1.54 bits per heavy atom. The minimum Gasteiger partial charge on any atom is -0.398 e.